The van der Waals surface area contributed by atoms with Crippen molar-refractivity contribution in [3.05, 3.63) is 52.7 Å². The summed E-state index contributed by atoms with van der Waals surface area (Å²) in [4.78, 5) is 18.3. The Labute approximate surface area is 92.2 Å². The predicted octanol–water partition coefficient (Wildman–Crippen LogP) is 1.50. The lowest BCUT2D eigenvalue weighted by Crippen LogP contribution is -2.11. The number of nitrogens with zero attached hydrogens (tertiary/aromatic N) is 2. The van der Waals surface area contributed by atoms with Crippen molar-refractivity contribution in [3.63, 3.8) is 0 Å². The molecular formula is C12H9N3O. The van der Waals surface area contributed by atoms with E-state index in [4.69, 9.17) is 5.26 Å². The third-order valence-corrected chi connectivity index (χ3v) is 2.27. The van der Waals surface area contributed by atoms with Gasteiger partial charge in [0.1, 0.15) is 0 Å². The van der Waals surface area contributed by atoms with E-state index in [1.54, 1.807) is 36.8 Å². The highest BCUT2D eigenvalue weighted by Crippen LogP contribution is 2.18. The molecular weight excluding hydrogens is 202 g/mol. The second kappa shape index (κ2) is 4.41. The van der Waals surface area contributed by atoms with E-state index < -0.39 is 0 Å². The summed E-state index contributed by atoms with van der Waals surface area (Å²) in [5.74, 6) is 0. The first-order valence-corrected chi connectivity index (χ1v) is 4.81. The van der Waals surface area contributed by atoms with Gasteiger partial charge in [-0.15, -0.1) is 0 Å². The third-order valence-electron chi connectivity index (χ3n) is 2.27. The van der Waals surface area contributed by atoms with E-state index in [-0.39, 0.29) is 12.0 Å². The van der Waals surface area contributed by atoms with E-state index in [0.29, 0.717) is 5.56 Å². The van der Waals surface area contributed by atoms with Crippen LogP contribution in [0.3, 0.4) is 0 Å². The van der Waals surface area contributed by atoms with Crippen LogP contribution in [0, 0.1) is 11.3 Å². The largest absolute Gasteiger partial charge is 0.329 e. The summed E-state index contributed by atoms with van der Waals surface area (Å²) in [6.07, 6.45) is 5.03. The number of pyridine rings is 2. The summed E-state index contributed by atoms with van der Waals surface area (Å²) in [6.45, 7) is 0. The zero-order chi connectivity index (χ0) is 11.4. The van der Waals surface area contributed by atoms with Crippen LogP contribution in [0.1, 0.15) is 5.56 Å². The van der Waals surface area contributed by atoms with Crippen LogP contribution in [-0.4, -0.2) is 9.97 Å². The Bertz CT molecular complexity index is 581. The van der Waals surface area contributed by atoms with Crippen molar-refractivity contribution in [2.45, 2.75) is 6.42 Å². The van der Waals surface area contributed by atoms with E-state index in [2.05, 4.69) is 9.97 Å². The van der Waals surface area contributed by atoms with Crippen LogP contribution >= 0.6 is 0 Å². The Morgan fingerprint density at radius 2 is 2.31 bits per heavy atom. The summed E-state index contributed by atoms with van der Waals surface area (Å²) in [7, 11) is 0. The molecule has 0 saturated carbocycles. The molecule has 2 aromatic rings. The Hall–Kier alpha value is -2.41. The lowest BCUT2D eigenvalue weighted by molar-refractivity contribution is 1.16. The summed E-state index contributed by atoms with van der Waals surface area (Å²) in [5.41, 5.74) is 1.78. The Morgan fingerprint density at radius 3 is 3.00 bits per heavy atom. The zero-order valence-corrected chi connectivity index (χ0v) is 8.47. The molecule has 0 fully saturated rings. The number of hydrogen-bond acceptors (Lipinski definition) is 3. The first-order chi connectivity index (χ1) is 7.83. The van der Waals surface area contributed by atoms with E-state index >= 15 is 0 Å². The topological polar surface area (TPSA) is 69.5 Å². The quantitative estimate of drug-likeness (QED) is 0.818. The van der Waals surface area contributed by atoms with E-state index in [9.17, 15) is 4.79 Å². The predicted molar refractivity (Wildman–Crippen MR) is 59.6 cm³/mol. The van der Waals surface area contributed by atoms with Crippen LogP contribution in [-0.2, 0) is 6.42 Å². The molecule has 0 bridgehead atoms. The average molecular weight is 211 g/mol. The maximum atomic E-state index is 11.7. The van der Waals surface area contributed by atoms with Gasteiger partial charge in [-0.1, -0.05) is 6.07 Å². The average Bonchev–Trinajstić information content (AvgIpc) is 2.31. The van der Waals surface area contributed by atoms with Gasteiger partial charge in [-0.3, -0.25) is 9.78 Å². The molecule has 0 amide bonds. The van der Waals surface area contributed by atoms with Crippen molar-refractivity contribution in [2.75, 3.05) is 0 Å². The summed E-state index contributed by atoms with van der Waals surface area (Å²) in [5, 5.41) is 8.70. The number of nitriles is 1. The van der Waals surface area contributed by atoms with Crippen LogP contribution in [0.2, 0.25) is 0 Å². The van der Waals surface area contributed by atoms with Crippen molar-refractivity contribution in [3.8, 4) is 17.2 Å². The third kappa shape index (κ3) is 1.84. The minimum absolute atomic E-state index is 0.194. The monoisotopic (exact) mass is 211 g/mol. The van der Waals surface area contributed by atoms with Crippen molar-refractivity contribution in [1.29, 1.82) is 5.26 Å². The molecule has 78 valence electrons. The van der Waals surface area contributed by atoms with Gasteiger partial charge in [0, 0.05) is 24.2 Å². The van der Waals surface area contributed by atoms with E-state index in [1.165, 1.54) is 0 Å². The van der Waals surface area contributed by atoms with Gasteiger partial charge in [0.25, 0.3) is 5.56 Å². The number of rotatable bonds is 2. The van der Waals surface area contributed by atoms with Crippen molar-refractivity contribution in [2.24, 2.45) is 0 Å². The second-order valence-corrected chi connectivity index (χ2v) is 3.28. The molecule has 4 heteroatoms. The summed E-state index contributed by atoms with van der Waals surface area (Å²) in [6, 6.07) is 7.36. The molecule has 0 radical (unpaired) electrons. The van der Waals surface area contributed by atoms with Crippen LogP contribution in [0.4, 0.5) is 0 Å². The number of aromatic amines is 1. The molecule has 4 nitrogen and oxygen atoms in total. The molecule has 16 heavy (non-hydrogen) atoms. The molecule has 0 aliphatic carbocycles. The Kier molecular flexibility index (Phi) is 2.79. The van der Waals surface area contributed by atoms with Gasteiger partial charge in [0.15, 0.2) is 0 Å². The van der Waals surface area contributed by atoms with Gasteiger partial charge in [-0.05, 0) is 17.7 Å². The highest BCUT2D eigenvalue weighted by atomic mass is 16.1. The first kappa shape index (κ1) is 10.1. The van der Waals surface area contributed by atoms with Crippen LogP contribution in [0.25, 0.3) is 11.1 Å². The van der Waals surface area contributed by atoms with Crippen molar-refractivity contribution >= 4 is 0 Å². The van der Waals surface area contributed by atoms with Gasteiger partial charge in [0.2, 0.25) is 0 Å². The van der Waals surface area contributed by atoms with Gasteiger partial charge in [0.05, 0.1) is 18.1 Å². The van der Waals surface area contributed by atoms with Crippen LogP contribution in [0.15, 0.2) is 41.6 Å². The molecule has 1 N–H and O–H groups in total. The van der Waals surface area contributed by atoms with Gasteiger partial charge >= 0.3 is 0 Å². The molecule has 0 aromatic carbocycles. The van der Waals surface area contributed by atoms with E-state index in [0.717, 1.165) is 11.1 Å². The van der Waals surface area contributed by atoms with Gasteiger partial charge in [-0.2, -0.15) is 5.26 Å². The number of nitrogens with one attached hydrogen (secondary N) is 1. The number of hydrogen-bond donors (Lipinski definition) is 1. The second-order valence-electron chi connectivity index (χ2n) is 3.28. The van der Waals surface area contributed by atoms with Crippen molar-refractivity contribution in [1.82, 2.24) is 9.97 Å². The zero-order valence-electron chi connectivity index (χ0n) is 8.47. The standard InChI is InChI=1S/C12H9N3O/c13-5-3-9-4-7-15-12(16)11(9)10-2-1-6-14-8-10/h1-2,4,6-8H,3H2,(H,15,16). The molecule has 0 unspecified atom stereocenters. The smallest absolute Gasteiger partial charge is 0.256 e. The lowest BCUT2D eigenvalue weighted by Gasteiger charge is -2.04. The molecule has 0 spiro atoms. The fourth-order valence-electron chi connectivity index (χ4n) is 1.58. The molecule has 0 aliphatic rings. The maximum Gasteiger partial charge on any atom is 0.256 e. The fraction of sp³-hybridized carbons (Fsp3) is 0.0833. The molecule has 0 atom stereocenters. The normalized spacial score (nSPS) is 9.69. The Morgan fingerprint density at radius 1 is 1.44 bits per heavy atom. The molecule has 0 saturated heterocycles. The molecule has 0 aliphatic heterocycles. The van der Waals surface area contributed by atoms with Crippen LogP contribution < -0.4 is 5.56 Å². The molecule has 2 heterocycles. The fourth-order valence-corrected chi connectivity index (χ4v) is 1.58. The van der Waals surface area contributed by atoms with E-state index in [1.807, 2.05) is 6.07 Å². The van der Waals surface area contributed by atoms with Crippen LogP contribution in [0.5, 0.6) is 0 Å². The highest BCUT2D eigenvalue weighted by molar-refractivity contribution is 5.65. The SMILES string of the molecule is N#CCc1cc[nH]c(=O)c1-c1cccnc1. The number of H-pyrrole nitrogens is 1. The minimum atomic E-state index is -0.194. The highest BCUT2D eigenvalue weighted by Gasteiger charge is 2.08. The first-order valence-electron chi connectivity index (χ1n) is 4.81. The summed E-state index contributed by atoms with van der Waals surface area (Å²) < 4.78 is 0. The molecule has 2 rings (SSSR count). The summed E-state index contributed by atoms with van der Waals surface area (Å²) >= 11 is 0. The molecule has 2 aromatic heterocycles. The van der Waals surface area contributed by atoms with Gasteiger partial charge in [-0.25, -0.2) is 0 Å². The minimum Gasteiger partial charge on any atom is -0.329 e. The Balaban J connectivity index is 2.64. The van der Waals surface area contributed by atoms with Crippen molar-refractivity contribution < 1.29 is 0 Å². The van der Waals surface area contributed by atoms with Gasteiger partial charge < -0.3 is 4.98 Å². The lowest BCUT2D eigenvalue weighted by atomic mass is 10.0. The maximum absolute atomic E-state index is 11.7. The number of aromatic nitrogens is 2.